The van der Waals surface area contributed by atoms with Gasteiger partial charge in [-0.25, -0.2) is 9.53 Å². The van der Waals surface area contributed by atoms with E-state index in [1.165, 1.54) is 4.68 Å². The van der Waals surface area contributed by atoms with Gasteiger partial charge >= 0.3 is 0 Å². The highest BCUT2D eigenvalue weighted by molar-refractivity contribution is 6.03. The van der Waals surface area contributed by atoms with E-state index in [9.17, 15) is 9.90 Å². The molecule has 0 saturated heterocycles. The summed E-state index contributed by atoms with van der Waals surface area (Å²) in [5.74, 6) is -0.337. The smallest absolute Gasteiger partial charge is 0.274 e. The van der Waals surface area contributed by atoms with Gasteiger partial charge in [0.25, 0.3) is 5.91 Å². The van der Waals surface area contributed by atoms with Gasteiger partial charge in [-0.1, -0.05) is 60.7 Å². The summed E-state index contributed by atoms with van der Waals surface area (Å²) in [5.41, 5.74) is 4.16. The average molecular weight is 459 g/mol. The SMILES string of the molecule is [C-]#[N+]c1cccc(-n2nc(C)cc2C(=O)Nc2cccc(C(O)c3ccc4ccccc4c3)c2)c1. The summed E-state index contributed by atoms with van der Waals surface area (Å²) in [6.45, 7) is 9.06. The Labute approximate surface area is 202 Å². The lowest BCUT2D eigenvalue weighted by Crippen LogP contribution is -2.17. The Balaban J connectivity index is 1.41. The third kappa shape index (κ3) is 4.54. The van der Waals surface area contributed by atoms with E-state index in [-0.39, 0.29) is 5.91 Å². The molecule has 0 saturated carbocycles. The van der Waals surface area contributed by atoms with Gasteiger partial charge in [-0.05, 0) is 65.2 Å². The van der Waals surface area contributed by atoms with Gasteiger partial charge in [0.15, 0.2) is 5.69 Å². The summed E-state index contributed by atoms with van der Waals surface area (Å²) >= 11 is 0. The van der Waals surface area contributed by atoms with Gasteiger partial charge in [0, 0.05) is 5.69 Å². The number of anilines is 1. The Morgan fingerprint density at radius 2 is 1.69 bits per heavy atom. The van der Waals surface area contributed by atoms with Crippen molar-refractivity contribution in [3.63, 3.8) is 0 Å². The average Bonchev–Trinajstić information content (AvgIpc) is 3.30. The Morgan fingerprint density at radius 1 is 0.914 bits per heavy atom. The maximum atomic E-state index is 13.2. The lowest BCUT2D eigenvalue weighted by Gasteiger charge is -2.14. The minimum atomic E-state index is -0.833. The number of aryl methyl sites for hydroxylation is 1. The van der Waals surface area contributed by atoms with Crippen LogP contribution in [0.3, 0.4) is 0 Å². The van der Waals surface area contributed by atoms with E-state index in [4.69, 9.17) is 6.57 Å². The Morgan fingerprint density at radius 3 is 2.51 bits per heavy atom. The second kappa shape index (κ2) is 9.26. The highest BCUT2D eigenvalue weighted by Gasteiger charge is 2.17. The van der Waals surface area contributed by atoms with E-state index in [2.05, 4.69) is 15.3 Å². The van der Waals surface area contributed by atoms with Gasteiger partial charge in [0.2, 0.25) is 0 Å². The van der Waals surface area contributed by atoms with Crippen molar-refractivity contribution in [2.45, 2.75) is 13.0 Å². The zero-order valence-corrected chi connectivity index (χ0v) is 19.0. The third-order valence-corrected chi connectivity index (χ3v) is 5.82. The number of benzene rings is 4. The second-order valence-electron chi connectivity index (χ2n) is 8.30. The number of hydrogen-bond acceptors (Lipinski definition) is 3. The second-order valence-corrected chi connectivity index (χ2v) is 8.30. The number of nitrogens with zero attached hydrogens (tertiary/aromatic N) is 3. The molecule has 5 aromatic rings. The molecule has 0 bridgehead atoms. The van der Waals surface area contributed by atoms with Gasteiger partial charge in [0.1, 0.15) is 11.8 Å². The van der Waals surface area contributed by atoms with Crippen LogP contribution in [-0.4, -0.2) is 20.8 Å². The van der Waals surface area contributed by atoms with Crippen LogP contribution in [0.4, 0.5) is 11.4 Å². The highest BCUT2D eigenvalue weighted by Crippen LogP contribution is 2.27. The zero-order valence-electron chi connectivity index (χ0n) is 19.0. The minimum Gasteiger partial charge on any atom is -0.384 e. The normalized spacial score (nSPS) is 11.7. The number of rotatable bonds is 5. The number of hydrogen-bond donors (Lipinski definition) is 2. The molecular weight excluding hydrogens is 436 g/mol. The fraction of sp³-hybridized carbons (Fsp3) is 0.0690. The summed E-state index contributed by atoms with van der Waals surface area (Å²) in [6.07, 6.45) is -0.833. The van der Waals surface area contributed by atoms with E-state index >= 15 is 0 Å². The Kier molecular flexibility index (Phi) is 5.84. The lowest BCUT2D eigenvalue weighted by atomic mass is 9.98. The number of carbonyl (C=O) groups excluding carboxylic acids is 1. The first-order valence-corrected chi connectivity index (χ1v) is 11.1. The van der Waals surface area contributed by atoms with Crippen molar-refractivity contribution in [1.82, 2.24) is 9.78 Å². The quantitative estimate of drug-likeness (QED) is 0.307. The summed E-state index contributed by atoms with van der Waals surface area (Å²) in [5, 5.41) is 20.5. The fourth-order valence-electron chi connectivity index (χ4n) is 4.10. The van der Waals surface area contributed by atoms with Crippen molar-refractivity contribution in [3.05, 3.63) is 131 Å². The molecule has 0 radical (unpaired) electrons. The third-order valence-electron chi connectivity index (χ3n) is 5.82. The number of aliphatic hydroxyl groups excluding tert-OH is 1. The minimum absolute atomic E-state index is 0.337. The van der Waals surface area contributed by atoms with Gasteiger partial charge in [-0.15, -0.1) is 0 Å². The zero-order chi connectivity index (χ0) is 24.4. The van der Waals surface area contributed by atoms with Crippen molar-refractivity contribution in [2.75, 3.05) is 5.32 Å². The number of amides is 1. The number of aromatic nitrogens is 2. The number of aliphatic hydroxyl groups is 1. The lowest BCUT2D eigenvalue weighted by molar-refractivity contribution is 0.101. The molecule has 0 aliphatic heterocycles. The van der Waals surface area contributed by atoms with Crippen LogP contribution in [0.5, 0.6) is 0 Å². The van der Waals surface area contributed by atoms with Crippen molar-refractivity contribution in [3.8, 4) is 5.69 Å². The molecule has 1 aromatic heterocycles. The molecule has 5 rings (SSSR count). The first-order chi connectivity index (χ1) is 17.0. The predicted molar refractivity (Wildman–Crippen MR) is 137 cm³/mol. The molecule has 6 nitrogen and oxygen atoms in total. The van der Waals surface area contributed by atoms with Crippen LogP contribution in [0.2, 0.25) is 0 Å². The molecule has 1 atom stereocenters. The van der Waals surface area contributed by atoms with Crippen LogP contribution in [-0.2, 0) is 0 Å². The van der Waals surface area contributed by atoms with Crippen LogP contribution >= 0.6 is 0 Å². The molecule has 2 N–H and O–H groups in total. The maximum absolute atomic E-state index is 13.2. The molecule has 0 fully saturated rings. The van der Waals surface area contributed by atoms with Crippen molar-refractivity contribution in [1.29, 1.82) is 0 Å². The van der Waals surface area contributed by atoms with E-state index in [1.807, 2.05) is 55.5 Å². The maximum Gasteiger partial charge on any atom is 0.274 e. The Hall–Kier alpha value is -4.73. The van der Waals surface area contributed by atoms with E-state index in [0.717, 1.165) is 16.3 Å². The van der Waals surface area contributed by atoms with Gasteiger partial charge < -0.3 is 10.4 Å². The van der Waals surface area contributed by atoms with E-state index in [1.54, 1.807) is 48.5 Å². The van der Waals surface area contributed by atoms with E-state index < -0.39 is 6.10 Å². The molecule has 0 aliphatic carbocycles. The van der Waals surface area contributed by atoms with Crippen molar-refractivity contribution >= 4 is 28.1 Å². The summed E-state index contributed by atoms with van der Waals surface area (Å²) < 4.78 is 1.53. The molecule has 1 heterocycles. The monoisotopic (exact) mass is 458 g/mol. The standard InChI is InChI=1S/C29H22N4O2/c1-19-15-27(33(32-19)26-12-6-10-24(18-26)30-2)29(35)31-25-11-5-9-22(17-25)28(34)23-14-13-20-7-3-4-8-21(20)16-23/h3-18,28,34H,1H3,(H,31,35). The van der Waals surface area contributed by atoms with Crippen molar-refractivity contribution in [2.24, 2.45) is 0 Å². The number of fused-ring (bicyclic) bond motifs is 1. The Bertz CT molecular complexity index is 1600. The topological polar surface area (TPSA) is 71.5 Å². The molecule has 4 aromatic carbocycles. The van der Waals surface area contributed by atoms with Gasteiger partial charge in [-0.3, -0.25) is 4.79 Å². The van der Waals surface area contributed by atoms with Gasteiger partial charge in [-0.2, -0.15) is 5.10 Å². The molecule has 0 aliphatic rings. The molecule has 0 spiro atoms. The summed E-state index contributed by atoms with van der Waals surface area (Å²) in [6, 6.07) is 29.7. The summed E-state index contributed by atoms with van der Waals surface area (Å²) in [7, 11) is 0. The molecule has 35 heavy (non-hydrogen) atoms. The molecule has 170 valence electrons. The van der Waals surface area contributed by atoms with Crippen LogP contribution in [0.25, 0.3) is 21.3 Å². The van der Waals surface area contributed by atoms with Crippen LogP contribution in [0.1, 0.15) is 33.4 Å². The van der Waals surface area contributed by atoms with Gasteiger partial charge in [0.05, 0.1) is 18.0 Å². The predicted octanol–water partition coefficient (Wildman–Crippen LogP) is 6.22. The van der Waals surface area contributed by atoms with Crippen LogP contribution in [0.15, 0.2) is 97.1 Å². The molecule has 1 unspecified atom stereocenters. The summed E-state index contributed by atoms with van der Waals surface area (Å²) in [4.78, 5) is 16.6. The van der Waals surface area contributed by atoms with Crippen molar-refractivity contribution < 1.29 is 9.90 Å². The molecule has 1 amide bonds. The first-order valence-electron chi connectivity index (χ1n) is 11.1. The number of nitrogens with one attached hydrogen (secondary N) is 1. The number of carbonyl (C=O) groups is 1. The fourth-order valence-corrected chi connectivity index (χ4v) is 4.10. The first kappa shape index (κ1) is 22.1. The van der Waals surface area contributed by atoms with Crippen LogP contribution in [0, 0.1) is 13.5 Å². The highest BCUT2D eigenvalue weighted by atomic mass is 16.3. The van der Waals surface area contributed by atoms with Crippen LogP contribution < -0.4 is 5.32 Å². The van der Waals surface area contributed by atoms with E-state index in [0.29, 0.717) is 34.0 Å². The molecular formula is C29H22N4O2. The molecule has 6 heteroatoms. The largest absolute Gasteiger partial charge is 0.384 e.